The van der Waals surface area contributed by atoms with Crippen LogP contribution in [-0.4, -0.2) is 4.98 Å². The summed E-state index contributed by atoms with van der Waals surface area (Å²) in [6, 6.07) is 6.68. The van der Waals surface area contributed by atoms with Gasteiger partial charge in [0.05, 0.1) is 5.69 Å². The summed E-state index contributed by atoms with van der Waals surface area (Å²) in [5, 5.41) is 0.670. The van der Waals surface area contributed by atoms with Gasteiger partial charge < -0.3 is 5.73 Å². The number of aromatic nitrogens is 1. The average molecular weight is 284 g/mol. The number of fused-ring (bicyclic) bond motifs is 1. The molecule has 2 aromatic rings. The van der Waals surface area contributed by atoms with Crippen molar-refractivity contribution >= 4 is 22.5 Å². The summed E-state index contributed by atoms with van der Waals surface area (Å²) in [6.45, 7) is 4.46. The molecule has 3 rings (SSSR count). The number of anilines is 1. The molecule has 1 aliphatic carbocycles. The van der Waals surface area contributed by atoms with Gasteiger partial charge in [-0.1, -0.05) is 38.1 Å². The highest BCUT2D eigenvalue weighted by Crippen LogP contribution is 2.33. The summed E-state index contributed by atoms with van der Waals surface area (Å²) in [6.07, 6.45) is 7.80. The summed E-state index contributed by atoms with van der Waals surface area (Å²) in [4.78, 5) is 5.86. The molecule has 0 aliphatic heterocycles. The van der Waals surface area contributed by atoms with Gasteiger partial charge in [0.25, 0.3) is 0 Å². The van der Waals surface area contributed by atoms with Gasteiger partial charge in [-0.2, -0.15) is 0 Å². The monoisotopic (exact) mass is 284 g/mol. The number of rotatable bonds is 3. The zero-order valence-electron chi connectivity index (χ0n) is 12.0. The fourth-order valence-electron chi connectivity index (χ4n) is 2.68. The zero-order chi connectivity index (χ0) is 14.1. The van der Waals surface area contributed by atoms with Crippen molar-refractivity contribution < 1.29 is 0 Å². The maximum atomic E-state index is 5.92. The Morgan fingerprint density at radius 1 is 1.35 bits per heavy atom. The lowest BCUT2D eigenvalue weighted by atomic mass is 9.94. The van der Waals surface area contributed by atoms with Crippen molar-refractivity contribution in [1.82, 2.24) is 4.98 Å². The average Bonchev–Trinajstić information content (AvgIpc) is 2.78. The van der Waals surface area contributed by atoms with Crippen LogP contribution in [0, 0.1) is 5.92 Å². The number of nitrogens with zero attached hydrogens (tertiary/aromatic N) is 1. The quantitative estimate of drug-likeness (QED) is 0.898. The molecule has 1 aromatic carbocycles. The fraction of sp³-hybridized carbons (Fsp3) is 0.353. The van der Waals surface area contributed by atoms with Gasteiger partial charge in [0.2, 0.25) is 0 Å². The number of allylic oxidation sites excluding steroid dienone is 1. The Morgan fingerprint density at radius 3 is 3.00 bits per heavy atom. The van der Waals surface area contributed by atoms with E-state index in [4.69, 9.17) is 5.73 Å². The standard InChI is InChI=1S/C17H20N2S/c1-11(2)9-15-16(19-17(18)20-15)14-8-7-12-5-3-4-6-13(12)10-14/h4,6-8,10-11H,3,5,9H2,1-2H3,(H2,18,19). The molecule has 20 heavy (non-hydrogen) atoms. The minimum Gasteiger partial charge on any atom is -0.375 e. The first-order valence-electron chi connectivity index (χ1n) is 7.18. The van der Waals surface area contributed by atoms with Crippen LogP contribution in [0.15, 0.2) is 24.3 Å². The van der Waals surface area contributed by atoms with Gasteiger partial charge in [-0.25, -0.2) is 4.98 Å². The molecule has 0 fully saturated rings. The van der Waals surface area contributed by atoms with Crippen LogP contribution in [0.2, 0.25) is 0 Å². The highest BCUT2D eigenvalue weighted by molar-refractivity contribution is 7.15. The summed E-state index contributed by atoms with van der Waals surface area (Å²) in [5.74, 6) is 0.617. The zero-order valence-corrected chi connectivity index (χ0v) is 12.8. The minimum atomic E-state index is 0.617. The Balaban J connectivity index is 2.03. The molecule has 1 aliphatic rings. The van der Waals surface area contributed by atoms with Gasteiger partial charge in [-0.05, 0) is 42.4 Å². The molecule has 3 heteroatoms. The first kappa shape index (κ1) is 13.4. The third-order valence-corrected chi connectivity index (χ3v) is 4.51. The molecule has 0 amide bonds. The van der Waals surface area contributed by atoms with Crippen LogP contribution >= 0.6 is 11.3 Å². The number of nitrogens with two attached hydrogens (primary N) is 1. The summed E-state index contributed by atoms with van der Waals surface area (Å²) >= 11 is 1.62. The van der Waals surface area contributed by atoms with Crippen LogP contribution in [0.4, 0.5) is 5.13 Å². The first-order chi connectivity index (χ1) is 9.63. The van der Waals surface area contributed by atoms with E-state index in [0.717, 1.165) is 25.0 Å². The summed E-state index contributed by atoms with van der Waals surface area (Å²) in [7, 11) is 0. The molecular formula is C17H20N2S. The first-order valence-corrected chi connectivity index (χ1v) is 8.00. The molecule has 0 bridgehead atoms. The number of hydrogen-bond acceptors (Lipinski definition) is 3. The lowest BCUT2D eigenvalue weighted by molar-refractivity contribution is 0.654. The molecular weight excluding hydrogens is 264 g/mol. The second-order valence-corrected chi connectivity index (χ2v) is 6.89. The van der Waals surface area contributed by atoms with E-state index in [1.807, 2.05) is 0 Å². The maximum absolute atomic E-state index is 5.92. The van der Waals surface area contributed by atoms with Crippen molar-refractivity contribution in [2.75, 3.05) is 5.73 Å². The van der Waals surface area contributed by atoms with Crippen LogP contribution in [-0.2, 0) is 12.8 Å². The van der Waals surface area contributed by atoms with Gasteiger partial charge in [-0.15, -0.1) is 11.3 Å². The third kappa shape index (κ3) is 2.63. The smallest absolute Gasteiger partial charge is 0.180 e. The largest absolute Gasteiger partial charge is 0.375 e. The van der Waals surface area contributed by atoms with E-state index < -0.39 is 0 Å². The molecule has 0 atom stereocenters. The minimum absolute atomic E-state index is 0.617. The van der Waals surface area contributed by atoms with E-state index in [1.165, 1.54) is 21.6 Å². The van der Waals surface area contributed by atoms with Gasteiger partial charge in [-0.3, -0.25) is 0 Å². The molecule has 1 aromatic heterocycles. The number of benzene rings is 1. The molecule has 1 heterocycles. The van der Waals surface area contributed by atoms with Gasteiger partial charge in [0.1, 0.15) is 0 Å². The van der Waals surface area contributed by atoms with E-state index in [-0.39, 0.29) is 0 Å². The fourth-order valence-corrected chi connectivity index (χ4v) is 3.75. The SMILES string of the molecule is CC(C)Cc1sc(N)nc1-c1ccc2c(c1)C=CCC2. The third-order valence-electron chi connectivity index (χ3n) is 3.60. The molecule has 0 saturated heterocycles. The Kier molecular flexibility index (Phi) is 3.62. The number of aryl methyl sites for hydroxylation is 1. The predicted molar refractivity (Wildman–Crippen MR) is 87.9 cm³/mol. The van der Waals surface area contributed by atoms with Crippen LogP contribution in [0.5, 0.6) is 0 Å². The lowest BCUT2D eigenvalue weighted by Crippen LogP contribution is -1.97. The topological polar surface area (TPSA) is 38.9 Å². The molecule has 0 saturated carbocycles. The van der Waals surface area contributed by atoms with Gasteiger partial charge >= 0.3 is 0 Å². The van der Waals surface area contributed by atoms with Crippen molar-refractivity contribution in [1.29, 1.82) is 0 Å². The Labute approximate surface area is 124 Å². The van der Waals surface area contributed by atoms with Gasteiger partial charge in [0.15, 0.2) is 5.13 Å². The van der Waals surface area contributed by atoms with Crippen molar-refractivity contribution in [2.24, 2.45) is 5.92 Å². The highest BCUT2D eigenvalue weighted by atomic mass is 32.1. The second kappa shape index (κ2) is 5.41. The van der Waals surface area contributed by atoms with Crippen molar-refractivity contribution in [3.05, 3.63) is 40.3 Å². The lowest BCUT2D eigenvalue weighted by Gasteiger charge is -2.12. The second-order valence-electron chi connectivity index (χ2n) is 5.78. The molecule has 104 valence electrons. The molecule has 0 unspecified atom stereocenters. The van der Waals surface area contributed by atoms with E-state index in [2.05, 4.69) is 49.2 Å². The molecule has 2 nitrogen and oxygen atoms in total. The number of nitrogen functional groups attached to an aromatic ring is 1. The molecule has 0 spiro atoms. The molecule has 0 radical (unpaired) electrons. The van der Waals surface area contributed by atoms with Crippen molar-refractivity contribution in [3.8, 4) is 11.3 Å². The van der Waals surface area contributed by atoms with E-state index >= 15 is 0 Å². The molecule has 2 N–H and O–H groups in total. The van der Waals surface area contributed by atoms with Crippen LogP contribution in [0.1, 0.15) is 36.3 Å². The number of hydrogen-bond donors (Lipinski definition) is 1. The van der Waals surface area contributed by atoms with E-state index in [0.29, 0.717) is 11.0 Å². The van der Waals surface area contributed by atoms with Crippen molar-refractivity contribution in [3.63, 3.8) is 0 Å². The Morgan fingerprint density at radius 2 is 2.20 bits per heavy atom. The summed E-state index contributed by atoms with van der Waals surface area (Å²) in [5.41, 5.74) is 11.0. The number of thiazole rings is 1. The summed E-state index contributed by atoms with van der Waals surface area (Å²) < 4.78 is 0. The van der Waals surface area contributed by atoms with Crippen molar-refractivity contribution in [2.45, 2.75) is 33.1 Å². The Hall–Kier alpha value is -1.61. The predicted octanol–water partition coefficient (Wildman–Crippen LogP) is 4.55. The normalized spacial score (nSPS) is 13.8. The Bertz CT molecular complexity index is 653. The van der Waals surface area contributed by atoms with Crippen LogP contribution < -0.4 is 5.73 Å². The highest BCUT2D eigenvalue weighted by Gasteiger charge is 2.14. The van der Waals surface area contributed by atoms with E-state index in [9.17, 15) is 0 Å². The van der Waals surface area contributed by atoms with Crippen LogP contribution in [0.3, 0.4) is 0 Å². The van der Waals surface area contributed by atoms with Crippen LogP contribution in [0.25, 0.3) is 17.3 Å². The van der Waals surface area contributed by atoms with Gasteiger partial charge in [0, 0.05) is 10.4 Å². The maximum Gasteiger partial charge on any atom is 0.180 e. The van der Waals surface area contributed by atoms with E-state index in [1.54, 1.807) is 11.3 Å².